The molecule has 0 saturated carbocycles. The Bertz CT molecular complexity index is 827. The van der Waals surface area contributed by atoms with Gasteiger partial charge in [-0.25, -0.2) is 4.39 Å². The Morgan fingerprint density at radius 3 is 2.04 bits per heavy atom. The van der Waals surface area contributed by atoms with Crippen molar-refractivity contribution in [1.29, 1.82) is 0 Å². The molecule has 2 aromatic rings. The van der Waals surface area contributed by atoms with Crippen LogP contribution in [0.25, 0.3) is 0 Å². The third-order valence-electron chi connectivity index (χ3n) is 3.76. The lowest BCUT2D eigenvalue weighted by Gasteiger charge is -2.18. The molecule has 8 heteroatoms. The van der Waals surface area contributed by atoms with E-state index in [0.29, 0.717) is 5.56 Å². The lowest BCUT2D eigenvalue weighted by atomic mass is 9.95. The van der Waals surface area contributed by atoms with Gasteiger partial charge in [0, 0.05) is 5.56 Å². The van der Waals surface area contributed by atoms with Gasteiger partial charge in [-0.3, -0.25) is 4.79 Å². The van der Waals surface area contributed by atoms with Crippen molar-refractivity contribution in [3.8, 4) is 17.2 Å². The van der Waals surface area contributed by atoms with Crippen molar-refractivity contribution in [2.75, 3.05) is 21.3 Å². The molecule has 0 radical (unpaired) electrons. The van der Waals surface area contributed by atoms with E-state index in [0.717, 1.165) is 6.92 Å². The number of ether oxygens (including phenoxy) is 3. The summed E-state index contributed by atoms with van der Waals surface area (Å²) in [6, 6.07) is 1.48. The summed E-state index contributed by atoms with van der Waals surface area (Å²) in [5.74, 6) is -5.07. The highest BCUT2D eigenvalue weighted by Gasteiger charge is 2.30. The highest BCUT2D eigenvalue weighted by atomic mass is 19.2. The number of methoxy groups -OCH3 is 3. The Morgan fingerprint density at radius 2 is 1.52 bits per heavy atom. The van der Waals surface area contributed by atoms with Crippen molar-refractivity contribution < 1.29 is 32.2 Å². The fraction of sp³-hybridized carbons (Fsp3) is 0.294. The second-order valence-electron chi connectivity index (χ2n) is 5.17. The number of pyridine rings is 1. The first-order chi connectivity index (χ1) is 11.8. The summed E-state index contributed by atoms with van der Waals surface area (Å²) >= 11 is 0. The molecule has 1 aromatic heterocycles. The van der Waals surface area contributed by atoms with Crippen molar-refractivity contribution >= 4 is 5.78 Å². The quantitative estimate of drug-likeness (QED) is 0.608. The van der Waals surface area contributed by atoms with Crippen molar-refractivity contribution in [1.82, 2.24) is 4.98 Å². The number of nitrogens with zero attached hydrogens (tertiary/aromatic N) is 1. The number of carbonyl (C=O) groups is 1. The van der Waals surface area contributed by atoms with Gasteiger partial charge in [0.2, 0.25) is 17.5 Å². The first-order valence-electron chi connectivity index (χ1n) is 7.13. The third kappa shape index (κ3) is 2.99. The molecule has 2 rings (SSSR count). The highest BCUT2D eigenvalue weighted by molar-refractivity contribution is 6.13. The van der Waals surface area contributed by atoms with Crippen molar-refractivity contribution in [3.05, 3.63) is 46.0 Å². The van der Waals surface area contributed by atoms with Crippen LogP contribution in [-0.2, 0) is 0 Å². The van der Waals surface area contributed by atoms with Crippen LogP contribution in [-0.4, -0.2) is 32.1 Å². The zero-order chi connectivity index (χ0) is 18.9. The molecule has 0 saturated heterocycles. The zero-order valence-corrected chi connectivity index (χ0v) is 14.3. The van der Waals surface area contributed by atoms with Crippen LogP contribution in [0.1, 0.15) is 27.0 Å². The van der Waals surface area contributed by atoms with E-state index in [1.165, 1.54) is 27.4 Å². The highest BCUT2D eigenvalue weighted by Crippen LogP contribution is 2.43. The van der Waals surface area contributed by atoms with E-state index in [1.54, 1.807) is 6.92 Å². The number of carbonyl (C=O) groups excluding carboxylic acids is 1. The van der Waals surface area contributed by atoms with Gasteiger partial charge in [0.05, 0.1) is 32.5 Å². The summed E-state index contributed by atoms with van der Waals surface area (Å²) < 4.78 is 56.9. The lowest BCUT2D eigenvalue weighted by molar-refractivity contribution is 0.102. The van der Waals surface area contributed by atoms with Gasteiger partial charge in [-0.15, -0.1) is 0 Å². The summed E-state index contributed by atoms with van der Waals surface area (Å²) in [6.45, 7) is 2.69. The van der Waals surface area contributed by atoms with Crippen LogP contribution < -0.4 is 14.2 Å². The molecular formula is C17H16F3NO4. The molecule has 0 aliphatic heterocycles. The summed E-state index contributed by atoms with van der Waals surface area (Å²) in [7, 11) is 4.02. The molecule has 0 unspecified atom stereocenters. The van der Waals surface area contributed by atoms with Crippen LogP contribution in [0.3, 0.4) is 0 Å². The summed E-state index contributed by atoms with van der Waals surface area (Å²) in [5.41, 5.74) is -0.887. The van der Waals surface area contributed by atoms with E-state index >= 15 is 0 Å². The molecule has 0 aliphatic rings. The van der Waals surface area contributed by atoms with Gasteiger partial charge >= 0.3 is 0 Å². The molecule has 134 valence electrons. The monoisotopic (exact) mass is 355 g/mol. The van der Waals surface area contributed by atoms with Gasteiger partial charge in [0.15, 0.2) is 17.3 Å². The van der Waals surface area contributed by atoms with Crippen LogP contribution in [0.15, 0.2) is 6.07 Å². The minimum Gasteiger partial charge on any atom is -0.493 e. The predicted octanol–water partition coefficient (Wildman–Crippen LogP) is 3.37. The number of aromatic nitrogens is 1. The smallest absolute Gasteiger partial charge is 0.252 e. The fourth-order valence-electron chi connectivity index (χ4n) is 2.55. The van der Waals surface area contributed by atoms with Crippen molar-refractivity contribution in [2.24, 2.45) is 0 Å². The van der Waals surface area contributed by atoms with Crippen molar-refractivity contribution in [2.45, 2.75) is 13.8 Å². The van der Waals surface area contributed by atoms with Gasteiger partial charge in [-0.1, -0.05) is 0 Å². The van der Waals surface area contributed by atoms with Crippen LogP contribution in [0.2, 0.25) is 0 Å². The maximum absolute atomic E-state index is 14.2. The Kier molecular flexibility index (Phi) is 5.20. The maximum Gasteiger partial charge on any atom is 0.252 e. The first kappa shape index (κ1) is 18.6. The number of halogens is 3. The van der Waals surface area contributed by atoms with Gasteiger partial charge in [-0.2, -0.15) is 13.8 Å². The Hall–Kier alpha value is -2.77. The molecule has 1 aromatic carbocycles. The molecule has 0 amide bonds. The lowest BCUT2D eigenvalue weighted by Crippen LogP contribution is -2.15. The molecule has 0 aliphatic carbocycles. The average Bonchev–Trinajstić information content (AvgIpc) is 2.58. The number of aryl methyl sites for hydroxylation is 1. The fourth-order valence-corrected chi connectivity index (χ4v) is 2.55. The summed E-state index contributed by atoms with van der Waals surface area (Å²) in [4.78, 5) is 15.7. The second kappa shape index (κ2) is 7.00. The minimum absolute atomic E-state index is 0.0271. The summed E-state index contributed by atoms with van der Waals surface area (Å²) in [6.07, 6.45) is 0. The number of benzene rings is 1. The van der Waals surface area contributed by atoms with Gasteiger partial charge < -0.3 is 14.2 Å². The molecule has 0 spiro atoms. The average molecular weight is 355 g/mol. The van der Waals surface area contributed by atoms with E-state index in [9.17, 15) is 18.0 Å². The topological polar surface area (TPSA) is 57.7 Å². The molecule has 5 nitrogen and oxygen atoms in total. The Labute approximate surface area is 142 Å². The molecular weight excluding hydrogens is 339 g/mol. The number of ketones is 1. The van der Waals surface area contributed by atoms with E-state index in [2.05, 4.69) is 4.98 Å². The van der Waals surface area contributed by atoms with Crippen LogP contribution in [0.5, 0.6) is 17.2 Å². The third-order valence-corrected chi connectivity index (χ3v) is 3.76. The van der Waals surface area contributed by atoms with Crippen LogP contribution in [0, 0.1) is 31.6 Å². The SMILES string of the molecule is COc1cc(C)c(C(=O)c2c(C)c(F)nc(F)c2F)c(OC)c1OC. The molecule has 0 bridgehead atoms. The largest absolute Gasteiger partial charge is 0.493 e. The number of hydrogen-bond acceptors (Lipinski definition) is 5. The van der Waals surface area contributed by atoms with E-state index in [4.69, 9.17) is 14.2 Å². The molecule has 0 N–H and O–H groups in total. The van der Waals surface area contributed by atoms with Gasteiger partial charge in [-0.05, 0) is 25.5 Å². The van der Waals surface area contributed by atoms with Gasteiger partial charge in [0.25, 0.3) is 5.95 Å². The Balaban J connectivity index is 2.82. The van der Waals surface area contributed by atoms with Crippen LogP contribution in [0.4, 0.5) is 13.2 Å². The standard InChI is InChI=1S/C17H16F3NO4/c1-7-6-9(23-3)14(24-4)15(25-5)10(7)13(22)11-8(2)16(19)21-17(20)12(11)18/h6H,1-5H3. The van der Waals surface area contributed by atoms with E-state index < -0.39 is 34.6 Å². The first-order valence-corrected chi connectivity index (χ1v) is 7.13. The molecule has 0 atom stereocenters. The molecule has 25 heavy (non-hydrogen) atoms. The van der Waals surface area contributed by atoms with Gasteiger partial charge in [0.1, 0.15) is 0 Å². The second-order valence-corrected chi connectivity index (χ2v) is 5.17. The van der Waals surface area contributed by atoms with Crippen molar-refractivity contribution in [3.63, 3.8) is 0 Å². The predicted molar refractivity (Wildman–Crippen MR) is 83.1 cm³/mol. The summed E-state index contributed by atoms with van der Waals surface area (Å²) in [5, 5.41) is 0. The normalized spacial score (nSPS) is 10.6. The Morgan fingerprint density at radius 1 is 0.920 bits per heavy atom. The minimum atomic E-state index is -1.69. The number of rotatable bonds is 5. The maximum atomic E-state index is 14.2. The molecule has 1 heterocycles. The number of hydrogen-bond donors (Lipinski definition) is 0. The van der Waals surface area contributed by atoms with E-state index in [-0.39, 0.29) is 22.8 Å². The van der Waals surface area contributed by atoms with E-state index in [1.807, 2.05) is 0 Å². The molecule has 0 fully saturated rings. The zero-order valence-electron chi connectivity index (χ0n) is 14.3. The van der Waals surface area contributed by atoms with Crippen LogP contribution >= 0.6 is 0 Å².